The molecule has 1 fully saturated rings. The maximum Gasteiger partial charge on any atom is 0.228 e. The van der Waals surface area contributed by atoms with Crippen LogP contribution in [0, 0.1) is 0 Å². The van der Waals surface area contributed by atoms with Crippen molar-refractivity contribution < 1.29 is 4.79 Å². The third-order valence-electron chi connectivity index (χ3n) is 4.09. The predicted molar refractivity (Wildman–Crippen MR) is 100.0 cm³/mol. The normalized spacial score (nSPS) is 14.7. The molecule has 1 aliphatic heterocycles. The van der Waals surface area contributed by atoms with Gasteiger partial charge in [-0.1, -0.05) is 6.07 Å². The Hall–Kier alpha value is -2.32. The maximum atomic E-state index is 12.5. The molecule has 3 aromatic rings. The molecule has 1 aliphatic rings. The minimum Gasteiger partial charge on any atom is -0.345 e. The highest BCUT2D eigenvalue weighted by Crippen LogP contribution is 2.22. The molecule has 0 saturated carbocycles. The van der Waals surface area contributed by atoms with Crippen molar-refractivity contribution in [2.45, 2.75) is 6.42 Å². The minimum absolute atomic E-state index is 0.136. The average molecular weight is 371 g/mol. The van der Waals surface area contributed by atoms with E-state index in [9.17, 15) is 4.79 Å². The van der Waals surface area contributed by atoms with Gasteiger partial charge in [-0.2, -0.15) is 0 Å². The summed E-state index contributed by atoms with van der Waals surface area (Å²) in [5.74, 6) is 0.136. The molecule has 1 amide bonds. The topological polar surface area (TPSA) is 62.2 Å². The second kappa shape index (κ2) is 7.28. The van der Waals surface area contributed by atoms with Crippen LogP contribution in [-0.4, -0.2) is 51.9 Å². The largest absolute Gasteiger partial charge is 0.345 e. The second-order valence-electron chi connectivity index (χ2n) is 5.72. The molecular weight excluding hydrogens is 354 g/mol. The molecule has 3 aromatic heterocycles. The molecule has 0 spiro atoms. The van der Waals surface area contributed by atoms with Gasteiger partial charge in [0.25, 0.3) is 0 Å². The Morgan fingerprint density at radius 3 is 2.68 bits per heavy atom. The number of carbonyl (C=O) groups is 1. The fraction of sp³-hybridized carbons (Fsp3) is 0.294. The maximum absolute atomic E-state index is 12.5. The molecule has 0 N–H and O–H groups in total. The van der Waals surface area contributed by atoms with Crippen LogP contribution < -0.4 is 4.90 Å². The summed E-state index contributed by atoms with van der Waals surface area (Å²) in [6.07, 6.45) is 3.92. The Labute approximate surface area is 153 Å². The van der Waals surface area contributed by atoms with Crippen molar-refractivity contribution in [3.8, 4) is 10.7 Å². The number of hydrogen-bond donors (Lipinski definition) is 0. The number of pyridine rings is 1. The number of hydrogen-bond acceptors (Lipinski definition) is 7. The van der Waals surface area contributed by atoms with Gasteiger partial charge < -0.3 is 9.80 Å². The molecule has 0 aliphatic carbocycles. The van der Waals surface area contributed by atoms with E-state index in [4.69, 9.17) is 0 Å². The SMILES string of the molecule is O=C(Cc1csc(-c2ccccn2)n1)N1CCN(c2nccs2)CC1. The molecule has 4 rings (SSSR count). The Kier molecular flexibility index (Phi) is 4.71. The fourth-order valence-electron chi connectivity index (χ4n) is 2.78. The summed E-state index contributed by atoms with van der Waals surface area (Å²) in [5.41, 5.74) is 1.67. The van der Waals surface area contributed by atoms with Crippen LogP contribution >= 0.6 is 22.7 Å². The summed E-state index contributed by atoms with van der Waals surface area (Å²) in [4.78, 5) is 29.9. The van der Waals surface area contributed by atoms with E-state index in [1.54, 1.807) is 17.5 Å². The van der Waals surface area contributed by atoms with E-state index in [0.29, 0.717) is 6.42 Å². The van der Waals surface area contributed by atoms with Gasteiger partial charge in [-0.15, -0.1) is 22.7 Å². The summed E-state index contributed by atoms with van der Waals surface area (Å²) in [5, 5.41) is 5.82. The Bertz CT molecular complexity index is 826. The molecule has 25 heavy (non-hydrogen) atoms. The molecule has 8 heteroatoms. The molecule has 128 valence electrons. The Balaban J connectivity index is 1.34. The zero-order valence-electron chi connectivity index (χ0n) is 13.5. The van der Waals surface area contributed by atoms with E-state index < -0.39 is 0 Å². The number of carbonyl (C=O) groups excluding carboxylic acids is 1. The van der Waals surface area contributed by atoms with Gasteiger partial charge in [0, 0.05) is 49.3 Å². The molecule has 0 bridgehead atoms. The van der Waals surface area contributed by atoms with Gasteiger partial charge in [-0.3, -0.25) is 9.78 Å². The van der Waals surface area contributed by atoms with E-state index >= 15 is 0 Å². The molecule has 0 unspecified atom stereocenters. The molecule has 0 aromatic carbocycles. The number of amides is 1. The van der Waals surface area contributed by atoms with E-state index in [2.05, 4.69) is 19.9 Å². The van der Waals surface area contributed by atoms with Crippen molar-refractivity contribution in [1.82, 2.24) is 19.9 Å². The number of anilines is 1. The number of aromatic nitrogens is 3. The van der Waals surface area contributed by atoms with E-state index in [1.165, 1.54) is 11.3 Å². The van der Waals surface area contributed by atoms with Crippen molar-refractivity contribution in [2.24, 2.45) is 0 Å². The first kappa shape index (κ1) is 16.2. The summed E-state index contributed by atoms with van der Waals surface area (Å²) >= 11 is 3.17. The van der Waals surface area contributed by atoms with Crippen LogP contribution in [0.25, 0.3) is 10.7 Å². The Morgan fingerprint density at radius 1 is 1.08 bits per heavy atom. The standard InChI is InChI=1S/C17H17N5OS2/c23-15(21-6-8-22(9-7-21)17-19-5-10-24-17)11-13-12-25-16(20-13)14-3-1-2-4-18-14/h1-5,10,12H,6-9,11H2. The summed E-state index contributed by atoms with van der Waals surface area (Å²) in [6, 6.07) is 5.76. The first-order valence-electron chi connectivity index (χ1n) is 8.07. The first-order chi connectivity index (χ1) is 12.3. The van der Waals surface area contributed by atoms with Gasteiger partial charge in [-0.05, 0) is 12.1 Å². The van der Waals surface area contributed by atoms with Gasteiger partial charge in [-0.25, -0.2) is 9.97 Å². The van der Waals surface area contributed by atoms with Crippen molar-refractivity contribution in [1.29, 1.82) is 0 Å². The molecule has 0 atom stereocenters. The van der Waals surface area contributed by atoms with E-state index in [1.807, 2.05) is 40.1 Å². The molecule has 4 heterocycles. The highest BCUT2D eigenvalue weighted by Gasteiger charge is 2.23. The van der Waals surface area contributed by atoms with Crippen LogP contribution in [0.3, 0.4) is 0 Å². The average Bonchev–Trinajstić information content (AvgIpc) is 3.35. The number of nitrogens with zero attached hydrogens (tertiary/aromatic N) is 5. The lowest BCUT2D eigenvalue weighted by molar-refractivity contribution is -0.130. The van der Waals surface area contributed by atoms with Crippen molar-refractivity contribution >= 4 is 33.7 Å². The van der Waals surface area contributed by atoms with Crippen molar-refractivity contribution in [3.63, 3.8) is 0 Å². The van der Waals surface area contributed by atoms with Crippen LogP contribution in [0.2, 0.25) is 0 Å². The lowest BCUT2D eigenvalue weighted by atomic mass is 10.2. The fourth-order valence-corrected chi connectivity index (χ4v) is 4.27. The highest BCUT2D eigenvalue weighted by molar-refractivity contribution is 7.13. The second-order valence-corrected chi connectivity index (χ2v) is 7.45. The van der Waals surface area contributed by atoms with Gasteiger partial charge in [0.1, 0.15) is 5.01 Å². The van der Waals surface area contributed by atoms with Crippen LogP contribution in [-0.2, 0) is 11.2 Å². The third kappa shape index (κ3) is 3.69. The third-order valence-corrected chi connectivity index (χ3v) is 5.84. The van der Waals surface area contributed by atoms with E-state index in [0.717, 1.165) is 47.7 Å². The smallest absolute Gasteiger partial charge is 0.228 e. The number of piperazine rings is 1. The molecule has 1 saturated heterocycles. The van der Waals surface area contributed by atoms with Crippen LogP contribution in [0.1, 0.15) is 5.69 Å². The van der Waals surface area contributed by atoms with Gasteiger partial charge >= 0.3 is 0 Å². The van der Waals surface area contributed by atoms with Gasteiger partial charge in [0.15, 0.2) is 5.13 Å². The van der Waals surface area contributed by atoms with Crippen molar-refractivity contribution in [3.05, 3.63) is 47.0 Å². The lowest BCUT2D eigenvalue weighted by Gasteiger charge is -2.34. The number of thiazole rings is 2. The highest BCUT2D eigenvalue weighted by atomic mass is 32.1. The van der Waals surface area contributed by atoms with Crippen molar-refractivity contribution in [2.75, 3.05) is 31.1 Å². The summed E-state index contributed by atoms with van der Waals surface area (Å²) in [7, 11) is 0. The minimum atomic E-state index is 0.136. The van der Waals surface area contributed by atoms with Gasteiger partial charge in [0.05, 0.1) is 17.8 Å². The number of rotatable bonds is 4. The lowest BCUT2D eigenvalue weighted by Crippen LogP contribution is -2.49. The summed E-state index contributed by atoms with van der Waals surface area (Å²) in [6.45, 7) is 3.12. The van der Waals surface area contributed by atoms with Crippen LogP contribution in [0.4, 0.5) is 5.13 Å². The monoisotopic (exact) mass is 371 g/mol. The zero-order chi connectivity index (χ0) is 17.1. The molecule has 6 nitrogen and oxygen atoms in total. The van der Waals surface area contributed by atoms with Crippen LogP contribution in [0.5, 0.6) is 0 Å². The predicted octanol–water partition coefficient (Wildman–Crippen LogP) is 2.55. The summed E-state index contributed by atoms with van der Waals surface area (Å²) < 4.78 is 0. The molecular formula is C17H17N5OS2. The van der Waals surface area contributed by atoms with E-state index in [-0.39, 0.29) is 5.91 Å². The quantitative estimate of drug-likeness (QED) is 0.705. The Morgan fingerprint density at radius 2 is 1.96 bits per heavy atom. The zero-order valence-corrected chi connectivity index (χ0v) is 15.2. The van der Waals surface area contributed by atoms with Crippen LogP contribution in [0.15, 0.2) is 41.4 Å². The van der Waals surface area contributed by atoms with Gasteiger partial charge in [0.2, 0.25) is 5.91 Å². The first-order valence-corrected chi connectivity index (χ1v) is 9.83. The molecule has 0 radical (unpaired) electrons.